The van der Waals surface area contributed by atoms with Crippen LogP contribution in [0.3, 0.4) is 0 Å². The van der Waals surface area contributed by atoms with Gasteiger partial charge in [-0.15, -0.1) is 0 Å². The molecule has 20 heavy (non-hydrogen) atoms. The summed E-state index contributed by atoms with van der Waals surface area (Å²) < 4.78 is 0. The molecule has 1 heteroatoms. The number of hydrogen-bond donors (Lipinski definition) is 0. The number of carbonyl (C=O) groups is 1. The van der Waals surface area contributed by atoms with Crippen LogP contribution in [0.2, 0.25) is 0 Å². The summed E-state index contributed by atoms with van der Waals surface area (Å²) in [6.45, 7) is 4.50. The first-order valence-electron chi connectivity index (χ1n) is 8.99. The van der Waals surface area contributed by atoms with Crippen molar-refractivity contribution in [2.24, 2.45) is 0 Å². The number of allylic oxidation sites excluding steroid dienone is 2. The van der Waals surface area contributed by atoms with Crippen LogP contribution < -0.4 is 0 Å². The van der Waals surface area contributed by atoms with Crippen LogP contribution in [-0.4, -0.2) is 6.29 Å². The molecule has 0 N–H and O–H groups in total. The van der Waals surface area contributed by atoms with Gasteiger partial charge in [-0.05, 0) is 31.3 Å². The van der Waals surface area contributed by atoms with E-state index in [0.29, 0.717) is 0 Å². The van der Waals surface area contributed by atoms with Crippen LogP contribution in [-0.2, 0) is 4.79 Å². The van der Waals surface area contributed by atoms with Gasteiger partial charge in [0.15, 0.2) is 0 Å². The Kier molecular flexibility index (Phi) is 16.0. The van der Waals surface area contributed by atoms with Gasteiger partial charge in [-0.2, -0.15) is 0 Å². The first-order valence-corrected chi connectivity index (χ1v) is 8.99. The topological polar surface area (TPSA) is 17.1 Å². The van der Waals surface area contributed by atoms with Crippen LogP contribution in [0.25, 0.3) is 0 Å². The van der Waals surface area contributed by atoms with E-state index in [2.05, 4.69) is 19.9 Å². The van der Waals surface area contributed by atoms with Gasteiger partial charge in [0.1, 0.15) is 6.29 Å². The summed E-state index contributed by atoms with van der Waals surface area (Å²) in [5.74, 6) is 0. The van der Waals surface area contributed by atoms with E-state index >= 15 is 0 Å². The highest BCUT2D eigenvalue weighted by Crippen LogP contribution is 2.13. The van der Waals surface area contributed by atoms with Crippen molar-refractivity contribution in [2.75, 3.05) is 0 Å². The molecule has 0 aliphatic heterocycles. The van der Waals surface area contributed by atoms with E-state index in [4.69, 9.17) is 0 Å². The minimum absolute atomic E-state index is 0.992. The summed E-state index contributed by atoms with van der Waals surface area (Å²) in [5.41, 5.74) is 1.04. The van der Waals surface area contributed by atoms with Gasteiger partial charge in [-0.1, -0.05) is 84.1 Å². The lowest BCUT2D eigenvalue weighted by Crippen LogP contribution is -1.87. The van der Waals surface area contributed by atoms with Gasteiger partial charge in [-0.25, -0.2) is 0 Å². The minimum atomic E-state index is 0.992. The molecular weight excluding hydrogens is 244 g/mol. The van der Waals surface area contributed by atoms with Crippen molar-refractivity contribution in [3.8, 4) is 0 Å². The normalized spacial score (nSPS) is 11.8. The molecule has 0 bridgehead atoms. The highest BCUT2D eigenvalue weighted by atomic mass is 16.1. The first-order chi connectivity index (χ1) is 9.85. The maximum Gasteiger partial charge on any atom is 0.145 e. The monoisotopic (exact) mass is 280 g/mol. The number of unbranched alkanes of at least 4 members (excludes halogenated alkanes) is 11. The Morgan fingerprint density at radius 1 is 0.700 bits per heavy atom. The van der Waals surface area contributed by atoms with Crippen molar-refractivity contribution in [3.63, 3.8) is 0 Å². The molecular formula is C19H36O. The van der Waals surface area contributed by atoms with Gasteiger partial charge >= 0.3 is 0 Å². The second-order valence-electron chi connectivity index (χ2n) is 5.97. The van der Waals surface area contributed by atoms with Gasteiger partial charge in [0.2, 0.25) is 0 Å². The Morgan fingerprint density at radius 3 is 1.75 bits per heavy atom. The number of hydrogen-bond acceptors (Lipinski definition) is 1. The quantitative estimate of drug-likeness (QED) is 0.187. The molecule has 0 amide bonds. The lowest BCUT2D eigenvalue weighted by atomic mass is 10.0. The van der Waals surface area contributed by atoms with Crippen molar-refractivity contribution >= 4 is 6.29 Å². The Hall–Kier alpha value is -0.590. The van der Waals surface area contributed by atoms with Crippen LogP contribution in [0.15, 0.2) is 11.6 Å². The Morgan fingerprint density at radius 2 is 1.20 bits per heavy atom. The average Bonchev–Trinajstić information content (AvgIpc) is 2.47. The SMILES string of the molecule is CCCCCCCC/C=C(\C=O)CCCCCCCC. The lowest BCUT2D eigenvalue weighted by Gasteiger charge is -2.02. The van der Waals surface area contributed by atoms with E-state index in [-0.39, 0.29) is 0 Å². The molecule has 0 unspecified atom stereocenters. The summed E-state index contributed by atoms with van der Waals surface area (Å²) >= 11 is 0. The van der Waals surface area contributed by atoms with Crippen molar-refractivity contribution in [1.82, 2.24) is 0 Å². The molecule has 0 fully saturated rings. The molecule has 0 atom stereocenters. The molecule has 0 radical (unpaired) electrons. The molecule has 0 saturated heterocycles. The van der Waals surface area contributed by atoms with E-state index in [0.717, 1.165) is 24.7 Å². The van der Waals surface area contributed by atoms with Gasteiger partial charge in [0, 0.05) is 0 Å². The summed E-state index contributed by atoms with van der Waals surface area (Å²) in [7, 11) is 0. The molecule has 0 aromatic heterocycles. The van der Waals surface area contributed by atoms with Crippen LogP contribution in [0.4, 0.5) is 0 Å². The van der Waals surface area contributed by atoms with Gasteiger partial charge in [0.25, 0.3) is 0 Å². The zero-order chi connectivity index (χ0) is 14.9. The van der Waals surface area contributed by atoms with Crippen LogP contribution in [0, 0.1) is 0 Å². The van der Waals surface area contributed by atoms with E-state index in [1.54, 1.807) is 0 Å². The van der Waals surface area contributed by atoms with Crippen molar-refractivity contribution < 1.29 is 4.79 Å². The van der Waals surface area contributed by atoms with E-state index in [1.807, 2.05) is 0 Å². The average molecular weight is 280 g/mol. The standard InChI is InChI=1S/C19H36O/c1-3-5-7-9-11-13-15-17-19(18-20)16-14-12-10-8-6-4-2/h17-18H,3-16H2,1-2H3/b19-17-. The van der Waals surface area contributed by atoms with Crippen molar-refractivity contribution in [2.45, 2.75) is 104 Å². The summed E-state index contributed by atoms with van der Waals surface area (Å²) in [4.78, 5) is 11.0. The molecule has 0 saturated carbocycles. The maximum atomic E-state index is 11.0. The lowest BCUT2D eigenvalue weighted by molar-refractivity contribution is -0.105. The predicted octanol–water partition coefficient (Wildman–Crippen LogP) is 6.61. The van der Waals surface area contributed by atoms with Crippen LogP contribution in [0.1, 0.15) is 104 Å². The number of aldehydes is 1. The molecule has 0 rings (SSSR count). The smallest absolute Gasteiger partial charge is 0.145 e. The van der Waals surface area contributed by atoms with E-state index in [9.17, 15) is 4.79 Å². The fourth-order valence-electron chi connectivity index (χ4n) is 2.53. The Bertz CT molecular complexity index is 230. The van der Waals surface area contributed by atoms with Gasteiger partial charge in [0.05, 0.1) is 0 Å². The van der Waals surface area contributed by atoms with E-state index in [1.165, 1.54) is 77.0 Å². The van der Waals surface area contributed by atoms with Gasteiger partial charge < -0.3 is 0 Å². The molecule has 0 heterocycles. The summed E-state index contributed by atoms with van der Waals surface area (Å²) in [6, 6.07) is 0. The van der Waals surface area contributed by atoms with Crippen LogP contribution >= 0.6 is 0 Å². The molecule has 118 valence electrons. The molecule has 0 aromatic carbocycles. The summed E-state index contributed by atoms with van der Waals surface area (Å²) in [5, 5.41) is 0. The third kappa shape index (κ3) is 13.8. The molecule has 0 aliphatic carbocycles. The second kappa shape index (κ2) is 16.5. The zero-order valence-corrected chi connectivity index (χ0v) is 14.0. The number of rotatable bonds is 15. The largest absolute Gasteiger partial charge is 0.298 e. The molecule has 1 nitrogen and oxygen atoms in total. The van der Waals surface area contributed by atoms with Crippen molar-refractivity contribution in [1.29, 1.82) is 0 Å². The second-order valence-corrected chi connectivity index (χ2v) is 5.97. The maximum absolute atomic E-state index is 11.0. The highest BCUT2D eigenvalue weighted by Gasteiger charge is 1.97. The van der Waals surface area contributed by atoms with Crippen LogP contribution in [0.5, 0.6) is 0 Å². The van der Waals surface area contributed by atoms with E-state index < -0.39 is 0 Å². The Balaban J connectivity index is 3.48. The third-order valence-electron chi connectivity index (χ3n) is 3.93. The number of carbonyl (C=O) groups excluding carboxylic acids is 1. The Labute approximate surface area is 127 Å². The summed E-state index contributed by atoms with van der Waals surface area (Å²) in [6.07, 6.45) is 21.1. The van der Waals surface area contributed by atoms with Crippen molar-refractivity contribution in [3.05, 3.63) is 11.6 Å². The molecule has 0 aromatic rings. The molecule has 0 spiro atoms. The highest BCUT2D eigenvalue weighted by molar-refractivity contribution is 5.72. The van der Waals surface area contributed by atoms with Gasteiger partial charge in [-0.3, -0.25) is 4.79 Å². The first kappa shape index (κ1) is 19.4. The fourth-order valence-corrected chi connectivity index (χ4v) is 2.53. The third-order valence-corrected chi connectivity index (χ3v) is 3.93. The predicted molar refractivity (Wildman–Crippen MR) is 90.1 cm³/mol. The fraction of sp³-hybridized carbons (Fsp3) is 0.842. The molecule has 0 aliphatic rings. The minimum Gasteiger partial charge on any atom is -0.298 e. The zero-order valence-electron chi connectivity index (χ0n) is 14.0.